The Hall–Kier alpha value is -1.56. The largest absolute Gasteiger partial charge is 0.481 e. The van der Waals surface area contributed by atoms with E-state index in [0.29, 0.717) is 5.75 Å². The molecule has 5 heteroatoms. The normalized spacial score (nSPS) is 18.2. The number of carboxylic acid groups (broad SMARTS) is 1. The Labute approximate surface area is 243 Å². The highest BCUT2D eigenvalue weighted by molar-refractivity contribution is 7.99. The lowest BCUT2D eigenvalue weighted by Crippen LogP contribution is -2.67. The van der Waals surface area contributed by atoms with Crippen LogP contribution in [0.5, 0.6) is 0 Å². The summed E-state index contributed by atoms with van der Waals surface area (Å²) in [5, 5.41) is 11.7. The van der Waals surface area contributed by atoms with Crippen LogP contribution in [0.15, 0.2) is 60.7 Å². The summed E-state index contributed by atoms with van der Waals surface area (Å²) < 4.78 is 7.58. The topological polar surface area (TPSA) is 46.5 Å². The predicted octanol–water partition coefficient (Wildman–Crippen LogP) is 8.31. The molecule has 0 bridgehead atoms. The fraction of sp³-hybridized carbons (Fsp3) is 0.618. The van der Waals surface area contributed by atoms with Crippen LogP contribution in [0, 0.1) is 11.8 Å². The minimum absolute atomic E-state index is 0.0359. The second-order valence-electron chi connectivity index (χ2n) is 12.5. The molecule has 0 heterocycles. The van der Waals surface area contributed by atoms with Gasteiger partial charge in [0, 0.05) is 11.9 Å². The molecule has 0 saturated heterocycles. The van der Waals surface area contributed by atoms with Gasteiger partial charge in [0.25, 0.3) is 8.32 Å². The lowest BCUT2D eigenvalue weighted by molar-refractivity contribution is -0.136. The van der Waals surface area contributed by atoms with Crippen molar-refractivity contribution in [1.82, 2.24) is 0 Å². The number of carbonyl (C=O) groups is 1. The molecule has 1 N–H and O–H groups in total. The van der Waals surface area contributed by atoms with E-state index in [1.165, 1.54) is 61.7 Å². The van der Waals surface area contributed by atoms with E-state index < -0.39 is 14.3 Å². The van der Waals surface area contributed by atoms with Gasteiger partial charge in [-0.2, -0.15) is 11.8 Å². The van der Waals surface area contributed by atoms with Crippen molar-refractivity contribution in [2.45, 2.75) is 109 Å². The number of hydrogen-bond acceptors (Lipinski definition) is 3. The second kappa shape index (κ2) is 16.0. The van der Waals surface area contributed by atoms with Crippen LogP contribution in [0.4, 0.5) is 0 Å². The van der Waals surface area contributed by atoms with E-state index in [-0.39, 0.29) is 17.6 Å². The van der Waals surface area contributed by atoms with Crippen LogP contribution in [-0.2, 0) is 9.22 Å². The molecule has 0 spiro atoms. The summed E-state index contributed by atoms with van der Waals surface area (Å²) in [7, 11) is -2.61. The number of aliphatic carboxylic acids is 1. The molecule has 2 aromatic rings. The molecular formula is C34H52O3SSi. The van der Waals surface area contributed by atoms with Gasteiger partial charge in [0.05, 0.1) is 6.42 Å². The molecule has 0 aliphatic heterocycles. The zero-order chi connectivity index (χ0) is 28.1. The number of thioether (sulfide) groups is 1. The number of rotatable bonds is 19. The van der Waals surface area contributed by atoms with Gasteiger partial charge in [0.1, 0.15) is 0 Å². The summed E-state index contributed by atoms with van der Waals surface area (Å²) in [4.78, 5) is 11.0. The fourth-order valence-electron chi connectivity index (χ4n) is 6.12. The zero-order valence-electron chi connectivity index (χ0n) is 24.9. The minimum atomic E-state index is -2.61. The average Bonchev–Trinajstić information content (AvgIpc) is 3.66. The van der Waals surface area contributed by atoms with E-state index in [2.05, 4.69) is 88.4 Å². The van der Waals surface area contributed by atoms with Crippen LogP contribution < -0.4 is 10.4 Å². The minimum Gasteiger partial charge on any atom is -0.481 e. The number of unbranched alkanes of at least 4 members (excludes halogenated alkanes) is 5. The van der Waals surface area contributed by atoms with E-state index >= 15 is 0 Å². The van der Waals surface area contributed by atoms with E-state index in [0.717, 1.165) is 30.4 Å². The third-order valence-corrected chi connectivity index (χ3v) is 14.5. The van der Waals surface area contributed by atoms with Gasteiger partial charge in [-0.15, -0.1) is 0 Å². The highest BCUT2D eigenvalue weighted by Gasteiger charge is 2.52. The van der Waals surface area contributed by atoms with Gasteiger partial charge in [-0.05, 0) is 52.3 Å². The number of carboxylic acids is 1. The Bertz CT molecular complexity index is 920. The molecule has 1 saturated carbocycles. The van der Waals surface area contributed by atoms with Crippen molar-refractivity contribution in [1.29, 1.82) is 0 Å². The third kappa shape index (κ3) is 9.79. The summed E-state index contributed by atoms with van der Waals surface area (Å²) in [6, 6.07) is 21.9. The van der Waals surface area contributed by atoms with E-state index in [4.69, 9.17) is 9.53 Å². The molecule has 0 radical (unpaired) electrons. The van der Waals surface area contributed by atoms with Crippen LogP contribution in [-0.4, -0.2) is 37.0 Å². The molecule has 39 heavy (non-hydrogen) atoms. The summed E-state index contributed by atoms with van der Waals surface area (Å²) in [5.41, 5.74) is 0. The molecule has 3 unspecified atom stereocenters. The van der Waals surface area contributed by atoms with Crippen LogP contribution in [0.2, 0.25) is 5.04 Å². The lowest BCUT2D eigenvalue weighted by Gasteiger charge is -2.45. The molecule has 3 nitrogen and oxygen atoms in total. The van der Waals surface area contributed by atoms with Crippen LogP contribution in [0.25, 0.3) is 0 Å². The maximum absolute atomic E-state index is 11.0. The molecule has 0 amide bonds. The monoisotopic (exact) mass is 568 g/mol. The van der Waals surface area contributed by atoms with Crippen molar-refractivity contribution < 1.29 is 14.3 Å². The Kier molecular flexibility index (Phi) is 13.1. The van der Waals surface area contributed by atoms with Gasteiger partial charge in [-0.1, -0.05) is 133 Å². The van der Waals surface area contributed by atoms with Gasteiger partial charge in [0.15, 0.2) is 0 Å². The Morgan fingerprint density at radius 1 is 0.923 bits per heavy atom. The van der Waals surface area contributed by atoms with E-state index in [1.54, 1.807) is 11.8 Å². The van der Waals surface area contributed by atoms with Gasteiger partial charge < -0.3 is 9.53 Å². The Balaban J connectivity index is 1.77. The lowest BCUT2D eigenvalue weighted by atomic mass is 10.0. The van der Waals surface area contributed by atoms with Gasteiger partial charge in [0.2, 0.25) is 0 Å². The van der Waals surface area contributed by atoms with Crippen molar-refractivity contribution >= 4 is 36.4 Å². The van der Waals surface area contributed by atoms with Gasteiger partial charge in [-0.25, -0.2) is 0 Å². The molecule has 216 valence electrons. The second-order valence-corrected chi connectivity index (χ2v) is 18.0. The molecule has 1 aliphatic rings. The summed E-state index contributed by atoms with van der Waals surface area (Å²) in [6.07, 6.45) is 13.5. The maximum Gasteiger partial charge on any atom is 0.304 e. The maximum atomic E-state index is 11.0. The third-order valence-electron chi connectivity index (χ3n) is 8.37. The van der Waals surface area contributed by atoms with Gasteiger partial charge >= 0.3 is 5.97 Å². The standard InChI is InChI=1S/C34H52O3SSi/c1-5-6-7-8-9-12-17-28-26-29(28)27-30(22-24-38-25-23-33(35)36)37-39(34(2,3)4,31-18-13-10-14-19-31)32-20-15-11-16-21-32/h10-11,13-16,18-21,28-30H,5-9,12,17,22-27H2,1-4H3,(H,35,36). The Morgan fingerprint density at radius 3 is 2.08 bits per heavy atom. The highest BCUT2D eigenvalue weighted by Crippen LogP contribution is 2.47. The molecule has 3 rings (SSSR count). The van der Waals surface area contributed by atoms with Gasteiger partial charge in [-0.3, -0.25) is 4.79 Å². The first-order valence-electron chi connectivity index (χ1n) is 15.4. The molecule has 3 atom stereocenters. The quantitative estimate of drug-likeness (QED) is 0.137. The average molecular weight is 569 g/mol. The highest BCUT2D eigenvalue weighted by atomic mass is 32.2. The van der Waals surface area contributed by atoms with Crippen molar-refractivity contribution in [3.05, 3.63) is 60.7 Å². The molecule has 0 aromatic heterocycles. The molecule has 2 aromatic carbocycles. The van der Waals surface area contributed by atoms with Crippen molar-refractivity contribution in [3.8, 4) is 0 Å². The predicted molar refractivity (Wildman–Crippen MR) is 171 cm³/mol. The summed E-state index contributed by atoms with van der Waals surface area (Å²) >= 11 is 1.76. The van der Waals surface area contributed by atoms with Crippen molar-refractivity contribution in [2.75, 3.05) is 11.5 Å². The molecular weight excluding hydrogens is 517 g/mol. The first-order chi connectivity index (χ1) is 18.8. The molecule has 1 aliphatic carbocycles. The number of benzene rings is 2. The summed E-state index contributed by atoms with van der Waals surface area (Å²) in [6.45, 7) is 9.35. The van der Waals surface area contributed by atoms with Crippen molar-refractivity contribution in [2.24, 2.45) is 11.8 Å². The van der Waals surface area contributed by atoms with Crippen LogP contribution >= 0.6 is 11.8 Å². The van der Waals surface area contributed by atoms with E-state index in [9.17, 15) is 4.79 Å². The number of hydrogen-bond donors (Lipinski definition) is 1. The molecule has 1 fully saturated rings. The van der Waals surface area contributed by atoms with Crippen LogP contribution in [0.3, 0.4) is 0 Å². The smallest absolute Gasteiger partial charge is 0.304 e. The van der Waals surface area contributed by atoms with E-state index in [1.807, 2.05) is 0 Å². The van der Waals surface area contributed by atoms with Crippen molar-refractivity contribution in [3.63, 3.8) is 0 Å². The summed E-state index contributed by atoms with van der Waals surface area (Å²) in [5.74, 6) is 2.54. The first-order valence-corrected chi connectivity index (χ1v) is 18.4. The SMILES string of the molecule is CCCCCCCCC1CC1CC(CCSCCC(=O)O)O[Si](c1ccccc1)(c1ccccc1)C(C)(C)C. The zero-order valence-corrected chi connectivity index (χ0v) is 26.7. The van der Waals surface area contributed by atoms with Crippen LogP contribution in [0.1, 0.15) is 98.3 Å². The Morgan fingerprint density at radius 2 is 1.51 bits per heavy atom. The fourth-order valence-corrected chi connectivity index (χ4v) is 11.8. The first kappa shape index (κ1) is 32.0.